The number of para-hydroxylation sites is 2. The van der Waals surface area contributed by atoms with E-state index in [0.29, 0.717) is 6.04 Å². The monoisotopic (exact) mass is 238 g/mol. The van der Waals surface area contributed by atoms with Gasteiger partial charge < -0.3 is 5.32 Å². The molecule has 0 bridgehead atoms. The van der Waals surface area contributed by atoms with Crippen LogP contribution in [0.25, 0.3) is 16.6 Å². The summed E-state index contributed by atoms with van der Waals surface area (Å²) in [5.74, 6) is 1.96. The molecule has 4 nitrogen and oxygen atoms in total. The van der Waals surface area contributed by atoms with Crippen molar-refractivity contribution < 1.29 is 0 Å². The molecular weight excluding hydrogens is 224 g/mol. The first-order chi connectivity index (χ1) is 8.83. The summed E-state index contributed by atoms with van der Waals surface area (Å²) in [5, 5.41) is 3.49. The minimum Gasteiger partial charge on any atom is -0.366 e. The summed E-state index contributed by atoms with van der Waals surface area (Å²) in [4.78, 5) is 9.14. The van der Waals surface area contributed by atoms with Gasteiger partial charge in [0, 0.05) is 6.04 Å². The Bertz CT molecular complexity index is 740. The van der Waals surface area contributed by atoms with Crippen molar-refractivity contribution in [2.75, 3.05) is 5.32 Å². The molecule has 0 spiro atoms. The van der Waals surface area contributed by atoms with E-state index in [1.54, 1.807) is 0 Å². The van der Waals surface area contributed by atoms with Crippen molar-refractivity contribution in [3.63, 3.8) is 0 Å². The predicted octanol–water partition coefficient (Wildman–Crippen LogP) is 2.77. The van der Waals surface area contributed by atoms with Crippen molar-refractivity contribution >= 4 is 22.4 Å². The van der Waals surface area contributed by atoms with E-state index in [1.807, 2.05) is 31.3 Å². The van der Waals surface area contributed by atoms with Crippen molar-refractivity contribution in [1.29, 1.82) is 0 Å². The molecule has 1 fully saturated rings. The maximum Gasteiger partial charge on any atom is 0.152 e. The van der Waals surface area contributed by atoms with Crippen LogP contribution < -0.4 is 5.32 Å². The van der Waals surface area contributed by atoms with Gasteiger partial charge in [0.25, 0.3) is 0 Å². The average Bonchev–Trinajstić information content (AvgIpc) is 3.11. The Balaban J connectivity index is 2.08. The van der Waals surface area contributed by atoms with E-state index in [1.165, 1.54) is 12.8 Å². The molecule has 1 aliphatic rings. The maximum absolute atomic E-state index is 4.72. The molecule has 0 saturated heterocycles. The van der Waals surface area contributed by atoms with Crippen molar-refractivity contribution in [2.45, 2.75) is 25.8 Å². The van der Waals surface area contributed by atoms with Crippen molar-refractivity contribution in [1.82, 2.24) is 14.4 Å². The van der Waals surface area contributed by atoms with E-state index in [4.69, 9.17) is 4.98 Å². The number of hydrogen-bond donors (Lipinski definition) is 1. The summed E-state index contributed by atoms with van der Waals surface area (Å²) in [6.45, 7) is 2.03. The third-order valence-corrected chi connectivity index (χ3v) is 3.45. The van der Waals surface area contributed by atoms with Crippen LogP contribution in [0.2, 0.25) is 0 Å². The highest BCUT2D eigenvalue weighted by Gasteiger charge is 2.23. The number of rotatable bonds is 2. The predicted molar refractivity (Wildman–Crippen MR) is 71.9 cm³/mol. The molecule has 4 rings (SSSR count). The molecule has 1 aliphatic carbocycles. The fraction of sp³-hybridized carbons (Fsp3) is 0.286. The Morgan fingerprint density at radius 2 is 2.06 bits per heavy atom. The zero-order chi connectivity index (χ0) is 12.1. The van der Waals surface area contributed by atoms with E-state index >= 15 is 0 Å². The van der Waals surface area contributed by atoms with Gasteiger partial charge in [-0.15, -0.1) is 0 Å². The maximum atomic E-state index is 4.72. The molecule has 18 heavy (non-hydrogen) atoms. The largest absolute Gasteiger partial charge is 0.366 e. The Morgan fingerprint density at radius 3 is 2.89 bits per heavy atom. The van der Waals surface area contributed by atoms with Gasteiger partial charge in [-0.25, -0.2) is 9.97 Å². The quantitative estimate of drug-likeness (QED) is 0.746. The summed E-state index contributed by atoms with van der Waals surface area (Å²) in [6.07, 6.45) is 4.39. The standard InChI is InChI=1S/C14H14N4/c1-9-15-8-13-14(16-10-6-7-10)17-11-4-2-3-5-12(11)18(9)13/h2-5,8,10H,6-7H2,1H3,(H,16,17). The summed E-state index contributed by atoms with van der Waals surface area (Å²) >= 11 is 0. The van der Waals surface area contributed by atoms with Crippen LogP contribution in [0.5, 0.6) is 0 Å². The van der Waals surface area contributed by atoms with Crippen LogP contribution in [0.1, 0.15) is 18.7 Å². The molecular formula is C14H14N4. The lowest BCUT2D eigenvalue weighted by Gasteiger charge is -2.09. The van der Waals surface area contributed by atoms with Crippen LogP contribution >= 0.6 is 0 Å². The minimum atomic E-state index is 0.595. The van der Waals surface area contributed by atoms with Crippen molar-refractivity contribution in [3.05, 3.63) is 36.3 Å². The normalized spacial score (nSPS) is 15.4. The lowest BCUT2D eigenvalue weighted by Crippen LogP contribution is -2.06. The summed E-state index contributed by atoms with van der Waals surface area (Å²) in [7, 11) is 0. The number of aromatic nitrogens is 3. The molecule has 0 unspecified atom stereocenters. The second kappa shape index (κ2) is 3.45. The van der Waals surface area contributed by atoms with Crippen LogP contribution in [0.15, 0.2) is 30.5 Å². The van der Waals surface area contributed by atoms with Gasteiger partial charge in [-0.3, -0.25) is 4.40 Å². The number of aryl methyl sites for hydroxylation is 1. The molecule has 0 amide bonds. The Kier molecular flexibility index (Phi) is 1.89. The second-order valence-corrected chi connectivity index (χ2v) is 4.89. The Morgan fingerprint density at radius 1 is 1.22 bits per heavy atom. The van der Waals surface area contributed by atoms with E-state index < -0.39 is 0 Å². The van der Waals surface area contributed by atoms with Gasteiger partial charge in [0.2, 0.25) is 0 Å². The molecule has 3 aromatic rings. The second-order valence-electron chi connectivity index (χ2n) is 4.89. The highest BCUT2D eigenvalue weighted by molar-refractivity contribution is 5.84. The number of nitrogens with one attached hydrogen (secondary N) is 1. The molecule has 4 heteroatoms. The number of imidazole rings is 1. The average molecular weight is 238 g/mol. The smallest absolute Gasteiger partial charge is 0.152 e. The first-order valence-corrected chi connectivity index (χ1v) is 6.32. The number of hydrogen-bond acceptors (Lipinski definition) is 3. The molecule has 90 valence electrons. The van der Waals surface area contributed by atoms with Crippen molar-refractivity contribution in [2.24, 2.45) is 0 Å². The zero-order valence-corrected chi connectivity index (χ0v) is 10.2. The van der Waals surface area contributed by atoms with E-state index in [2.05, 4.69) is 20.8 Å². The van der Waals surface area contributed by atoms with E-state index in [0.717, 1.165) is 28.2 Å². The summed E-state index contributed by atoms with van der Waals surface area (Å²) in [5.41, 5.74) is 3.19. The first-order valence-electron chi connectivity index (χ1n) is 6.32. The molecule has 0 radical (unpaired) electrons. The van der Waals surface area contributed by atoms with Crippen LogP contribution in [-0.4, -0.2) is 20.4 Å². The molecule has 2 aromatic heterocycles. The highest BCUT2D eigenvalue weighted by Crippen LogP contribution is 2.28. The SMILES string of the molecule is Cc1ncc2c(NC3CC3)nc3ccccc3n12. The van der Waals surface area contributed by atoms with Crippen LogP contribution in [0.3, 0.4) is 0 Å². The number of anilines is 1. The number of nitrogens with zero attached hydrogens (tertiary/aromatic N) is 3. The molecule has 1 saturated carbocycles. The topological polar surface area (TPSA) is 42.2 Å². The van der Waals surface area contributed by atoms with Crippen LogP contribution in [-0.2, 0) is 0 Å². The third kappa shape index (κ3) is 1.38. The van der Waals surface area contributed by atoms with Gasteiger partial charge in [-0.2, -0.15) is 0 Å². The first kappa shape index (κ1) is 9.88. The summed E-state index contributed by atoms with van der Waals surface area (Å²) in [6, 6.07) is 8.79. The third-order valence-electron chi connectivity index (χ3n) is 3.45. The minimum absolute atomic E-state index is 0.595. The van der Waals surface area contributed by atoms with Gasteiger partial charge >= 0.3 is 0 Å². The van der Waals surface area contributed by atoms with Gasteiger partial charge in [-0.05, 0) is 31.9 Å². The van der Waals surface area contributed by atoms with Gasteiger partial charge in [0.1, 0.15) is 11.3 Å². The van der Waals surface area contributed by atoms with Gasteiger partial charge in [0.05, 0.1) is 17.2 Å². The highest BCUT2D eigenvalue weighted by atomic mass is 15.1. The fourth-order valence-corrected chi connectivity index (χ4v) is 2.37. The van der Waals surface area contributed by atoms with Gasteiger partial charge in [0.15, 0.2) is 5.82 Å². The summed E-state index contributed by atoms with van der Waals surface area (Å²) < 4.78 is 2.17. The Labute approximate surface area is 105 Å². The molecule has 0 atom stereocenters. The molecule has 0 aliphatic heterocycles. The molecule has 1 aromatic carbocycles. The van der Waals surface area contributed by atoms with Gasteiger partial charge in [-0.1, -0.05) is 12.1 Å². The molecule has 1 N–H and O–H groups in total. The van der Waals surface area contributed by atoms with Crippen LogP contribution in [0, 0.1) is 6.92 Å². The van der Waals surface area contributed by atoms with E-state index in [9.17, 15) is 0 Å². The lowest BCUT2D eigenvalue weighted by atomic mass is 10.3. The Hall–Kier alpha value is -2.10. The zero-order valence-electron chi connectivity index (χ0n) is 10.2. The number of benzene rings is 1. The fourth-order valence-electron chi connectivity index (χ4n) is 2.37. The molecule has 2 heterocycles. The number of fused-ring (bicyclic) bond motifs is 3. The van der Waals surface area contributed by atoms with Crippen molar-refractivity contribution in [3.8, 4) is 0 Å². The van der Waals surface area contributed by atoms with Crippen LogP contribution in [0.4, 0.5) is 5.82 Å². The lowest BCUT2D eigenvalue weighted by molar-refractivity contribution is 1.06. The van der Waals surface area contributed by atoms with E-state index in [-0.39, 0.29) is 0 Å².